The highest BCUT2D eigenvalue weighted by Crippen LogP contribution is 2.32. The van der Waals surface area contributed by atoms with Crippen molar-refractivity contribution >= 4 is 44.1 Å². The van der Waals surface area contributed by atoms with Gasteiger partial charge in [0.25, 0.3) is 0 Å². The molecule has 0 spiro atoms. The topological polar surface area (TPSA) is 110 Å². The number of ether oxygens (including phenoxy) is 2. The Labute approximate surface area is 222 Å². The number of sulfonamides is 1. The number of halogens is 1. The first-order valence-corrected chi connectivity index (χ1v) is 13.9. The van der Waals surface area contributed by atoms with Gasteiger partial charge in [-0.25, -0.2) is 8.42 Å². The van der Waals surface area contributed by atoms with E-state index in [9.17, 15) is 13.2 Å². The monoisotopic (exact) mass is 546 g/mol. The van der Waals surface area contributed by atoms with Gasteiger partial charge in [-0.15, -0.1) is 0 Å². The molecule has 0 radical (unpaired) electrons. The smallest absolute Gasteiger partial charge is 0.246 e. The fraction of sp³-hybridized carbons (Fsp3) is 0.385. The zero-order chi connectivity index (χ0) is 26.4. The number of nitrogens with zero attached hydrogens (tertiary/aromatic N) is 2. The molecule has 0 unspecified atom stereocenters. The Morgan fingerprint density at radius 1 is 1.14 bits per heavy atom. The number of fused-ring (bicyclic) bond motifs is 1. The molecule has 1 aliphatic rings. The highest BCUT2D eigenvalue weighted by molar-refractivity contribution is 7.89. The third kappa shape index (κ3) is 6.26. The van der Waals surface area contributed by atoms with E-state index in [0.717, 1.165) is 16.6 Å². The molecule has 2 heterocycles. The van der Waals surface area contributed by atoms with Gasteiger partial charge < -0.3 is 20.1 Å². The number of hydrogen-bond donors (Lipinski definition) is 2. The van der Waals surface area contributed by atoms with Gasteiger partial charge in [-0.05, 0) is 55.7 Å². The molecule has 198 valence electrons. The first-order chi connectivity index (χ1) is 17.8. The van der Waals surface area contributed by atoms with Crippen molar-refractivity contribution in [2.24, 2.45) is 5.92 Å². The van der Waals surface area contributed by atoms with E-state index in [4.69, 9.17) is 21.1 Å². The lowest BCUT2D eigenvalue weighted by atomic mass is 9.99. The van der Waals surface area contributed by atoms with Crippen molar-refractivity contribution in [3.8, 4) is 11.5 Å². The molecule has 1 saturated heterocycles. The molecule has 9 nitrogen and oxygen atoms in total. The molecule has 1 fully saturated rings. The number of hydrogen-bond acceptors (Lipinski definition) is 7. The van der Waals surface area contributed by atoms with E-state index in [1.165, 1.54) is 24.6 Å². The summed E-state index contributed by atoms with van der Waals surface area (Å²) in [5.41, 5.74) is 1.77. The molecule has 1 atom stereocenters. The first-order valence-electron chi connectivity index (χ1n) is 12.1. The number of rotatable bonds is 10. The van der Waals surface area contributed by atoms with Crippen LogP contribution in [-0.2, 0) is 14.8 Å². The van der Waals surface area contributed by atoms with Crippen LogP contribution in [0.5, 0.6) is 11.5 Å². The number of carbonyl (C=O) groups excluding carboxylic acids is 1. The molecular weight excluding hydrogens is 516 g/mol. The van der Waals surface area contributed by atoms with E-state index in [1.54, 1.807) is 18.3 Å². The van der Waals surface area contributed by atoms with Crippen molar-refractivity contribution < 1.29 is 22.7 Å². The lowest BCUT2D eigenvalue weighted by Gasteiger charge is -2.31. The van der Waals surface area contributed by atoms with Gasteiger partial charge >= 0.3 is 0 Å². The van der Waals surface area contributed by atoms with Crippen LogP contribution in [0.25, 0.3) is 10.9 Å². The van der Waals surface area contributed by atoms with Gasteiger partial charge in [0.2, 0.25) is 15.9 Å². The summed E-state index contributed by atoms with van der Waals surface area (Å²) in [6.07, 6.45) is 3.67. The second-order valence-electron chi connectivity index (χ2n) is 8.81. The number of piperidine rings is 1. The third-order valence-corrected chi connectivity index (χ3v) is 8.54. The largest absolute Gasteiger partial charge is 0.497 e. The van der Waals surface area contributed by atoms with Crippen LogP contribution >= 0.6 is 11.6 Å². The predicted molar refractivity (Wildman–Crippen MR) is 144 cm³/mol. The van der Waals surface area contributed by atoms with Crippen molar-refractivity contribution in [1.29, 1.82) is 0 Å². The minimum atomic E-state index is -3.86. The lowest BCUT2D eigenvalue weighted by Crippen LogP contribution is -2.45. The van der Waals surface area contributed by atoms with E-state index >= 15 is 0 Å². The average Bonchev–Trinajstić information content (AvgIpc) is 2.92. The molecule has 4 rings (SSSR count). The van der Waals surface area contributed by atoms with Crippen LogP contribution < -0.4 is 20.1 Å². The third-order valence-electron chi connectivity index (χ3n) is 6.42. The summed E-state index contributed by atoms with van der Waals surface area (Å²) < 4.78 is 38.6. The highest BCUT2D eigenvalue weighted by Gasteiger charge is 2.35. The summed E-state index contributed by atoms with van der Waals surface area (Å²) >= 11 is 6.05. The molecule has 37 heavy (non-hydrogen) atoms. The number of nitrogens with one attached hydrogen (secondary N) is 2. The van der Waals surface area contributed by atoms with Crippen LogP contribution in [0, 0.1) is 5.92 Å². The number of anilines is 1. The summed E-state index contributed by atoms with van der Waals surface area (Å²) in [4.78, 5) is 17.2. The Hall–Kier alpha value is -3.08. The van der Waals surface area contributed by atoms with E-state index < -0.39 is 15.9 Å². The molecule has 2 N–H and O–H groups in total. The molecule has 0 bridgehead atoms. The van der Waals surface area contributed by atoms with E-state index in [1.807, 2.05) is 24.3 Å². The number of aromatic nitrogens is 1. The van der Waals surface area contributed by atoms with Gasteiger partial charge in [-0.1, -0.05) is 11.6 Å². The number of benzene rings is 2. The van der Waals surface area contributed by atoms with Gasteiger partial charge in [0.1, 0.15) is 16.4 Å². The highest BCUT2D eigenvalue weighted by atomic mass is 35.5. The molecule has 2 aromatic carbocycles. The van der Waals surface area contributed by atoms with Crippen LogP contribution in [0.15, 0.2) is 53.6 Å². The standard InChI is InChI=1S/C26H31ClN4O5S/c1-35-20-7-9-24(36-2)25(16-20)37(33,34)31-14-3-5-18(17-31)26(32)30-12-4-11-28-22-10-13-29-23-15-19(27)6-8-21(22)23/h6-10,13,15-16,18H,3-5,11-12,14,17H2,1-2H3,(H,28,29)(H,30,32)/t18-/m0/s1. The maximum Gasteiger partial charge on any atom is 0.246 e. The molecule has 0 aliphatic carbocycles. The van der Waals surface area contributed by atoms with Gasteiger partial charge in [0.15, 0.2) is 0 Å². The minimum Gasteiger partial charge on any atom is -0.497 e. The van der Waals surface area contributed by atoms with Crippen molar-refractivity contribution in [2.45, 2.75) is 24.2 Å². The zero-order valence-corrected chi connectivity index (χ0v) is 22.4. The van der Waals surface area contributed by atoms with Crippen molar-refractivity contribution in [3.05, 3.63) is 53.7 Å². The van der Waals surface area contributed by atoms with Crippen LogP contribution in [0.2, 0.25) is 5.02 Å². The normalized spacial score (nSPS) is 16.4. The summed E-state index contributed by atoms with van der Waals surface area (Å²) in [7, 11) is -0.957. The van der Waals surface area contributed by atoms with E-state index in [2.05, 4.69) is 15.6 Å². The molecular formula is C26H31ClN4O5S. The van der Waals surface area contributed by atoms with Crippen molar-refractivity contribution in [1.82, 2.24) is 14.6 Å². The Kier molecular flexibility index (Phi) is 8.73. The van der Waals surface area contributed by atoms with Gasteiger partial charge in [0.05, 0.1) is 25.7 Å². The fourth-order valence-electron chi connectivity index (χ4n) is 4.44. The Balaban J connectivity index is 1.31. The number of pyridine rings is 1. The summed E-state index contributed by atoms with van der Waals surface area (Å²) in [6, 6.07) is 12.1. The predicted octanol–water partition coefficient (Wildman–Crippen LogP) is 3.92. The number of carbonyl (C=O) groups is 1. The van der Waals surface area contributed by atoms with Gasteiger partial charge in [-0.2, -0.15) is 4.31 Å². The van der Waals surface area contributed by atoms with Crippen LogP contribution in [0.3, 0.4) is 0 Å². The summed E-state index contributed by atoms with van der Waals surface area (Å²) in [5.74, 6) is 0.108. The number of methoxy groups -OCH3 is 2. The molecule has 11 heteroatoms. The molecule has 3 aromatic rings. The first kappa shape index (κ1) is 27.0. The maximum atomic E-state index is 13.4. The molecule has 1 aromatic heterocycles. The minimum absolute atomic E-state index is 0.0346. The van der Waals surface area contributed by atoms with E-state index in [-0.39, 0.29) is 23.1 Å². The van der Waals surface area contributed by atoms with Crippen molar-refractivity contribution in [3.63, 3.8) is 0 Å². The summed E-state index contributed by atoms with van der Waals surface area (Å²) in [6.45, 7) is 1.61. The van der Waals surface area contributed by atoms with E-state index in [0.29, 0.717) is 49.7 Å². The van der Waals surface area contributed by atoms with Gasteiger partial charge in [0, 0.05) is 54.5 Å². The quantitative estimate of drug-likeness (QED) is 0.371. The van der Waals surface area contributed by atoms with Crippen LogP contribution in [-0.4, -0.2) is 64.0 Å². The molecule has 1 aliphatic heterocycles. The average molecular weight is 547 g/mol. The molecule has 0 saturated carbocycles. The SMILES string of the molecule is COc1ccc(OC)c(S(=O)(=O)N2CCC[C@H](C(=O)NCCCNc3ccnc4cc(Cl)ccc34)C2)c1. The second-order valence-corrected chi connectivity index (χ2v) is 11.2. The Bertz CT molecular complexity index is 1370. The van der Waals surface area contributed by atoms with Crippen molar-refractivity contribution in [2.75, 3.05) is 45.7 Å². The zero-order valence-electron chi connectivity index (χ0n) is 20.9. The fourth-order valence-corrected chi connectivity index (χ4v) is 6.30. The molecule has 1 amide bonds. The Morgan fingerprint density at radius 3 is 2.76 bits per heavy atom. The Morgan fingerprint density at radius 2 is 1.97 bits per heavy atom. The second kappa shape index (κ2) is 12.0. The maximum absolute atomic E-state index is 13.4. The summed E-state index contributed by atoms with van der Waals surface area (Å²) in [5, 5.41) is 7.96. The van der Waals surface area contributed by atoms with Crippen LogP contribution in [0.1, 0.15) is 19.3 Å². The van der Waals surface area contributed by atoms with Gasteiger partial charge in [-0.3, -0.25) is 9.78 Å². The number of amides is 1. The lowest BCUT2D eigenvalue weighted by molar-refractivity contribution is -0.126. The van der Waals surface area contributed by atoms with Crippen LogP contribution in [0.4, 0.5) is 5.69 Å².